The third kappa shape index (κ3) is 3.66. The first-order valence-corrected chi connectivity index (χ1v) is 10.2. The zero-order valence-electron chi connectivity index (χ0n) is 15.4. The third-order valence-corrected chi connectivity index (χ3v) is 6.76. The number of hydrogen-bond acceptors (Lipinski definition) is 4. The first-order chi connectivity index (χ1) is 12.3. The summed E-state index contributed by atoms with van der Waals surface area (Å²) in [6.07, 6.45) is 0. The Hall–Kier alpha value is -2.18. The van der Waals surface area contributed by atoms with Gasteiger partial charge >= 0.3 is 0 Å². The van der Waals surface area contributed by atoms with Gasteiger partial charge < -0.3 is 4.90 Å². The molecule has 1 aliphatic heterocycles. The lowest BCUT2D eigenvalue weighted by Crippen LogP contribution is -2.48. The number of nitrogens with zero attached hydrogens (tertiary/aromatic N) is 2. The molecule has 0 spiro atoms. The molecule has 0 N–H and O–H groups in total. The van der Waals surface area contributed by atoms with Crippen molar-refractivity contribution in [1.29, 1.82) is 0 Å². The number of piperazine rings is 1. The Bertz CT molecular complexity index is 913. The van der Waals surface area contributed by atoms with Crippen molar-refractivity contribution in [3.8, 4) is 0 Å². The van der Waals surface area contributed by atoms with Gasteiger partial charge in [-0.05, 0) is 50.1 Å². The van der Waals surface area contributed by atoms with Gasteiger partial charge in [-0.25, -0.2) is 8.42 Å². The molecule has 138 valence electrons. The van der Waals surface area contributed by atoms with Crippen LogP contribution < -0.4 is 4.90 Å². The number of ketones is 1. The molecule has 2 aromatic rings. The smallest absolute Gasteiger partial charge is 0.243 e. The minimum Gasteiger partial charge on any atom is -0.369 e. The van der Waals surface area contributed by atoms with Gasteiger partial charge in [-0.1, -0.05) is 24.3 Å². The molecule has 1 aliphatic rings. The predicted octanol–water partition coefficient (Wildman–Crippen LogP) is 3.02. The minimum atomic E-state index is -3.53. The van der Waals surface area contributed by atoms with Gasteiger partial charge in [-0.2, -0.15) is 4.31 Å². The molecule has 26 heavy (non-hydrogen) atoms. The van der Waals surface area contributed by atoms with E-state index in [9.17, 15) is 13.2 Å². The van der Waals surface area contributed by atoms with Crippen LogP contribution in [0.3, 0.4) is 0 Å². The van der Waals surface area contributed by atoms with Gasteiger partial charge in [0, 0.05) is 37.4 Å². The van der Waals surface area contributed by atoms with Crippen LogP contribution in [0.5, 0.6) is 0 Å². The maximum absolute atomic E-state index is 12.9. The fraction of sp³-hybridized carbons (Fsp3) is 0.350. The molecule has 1 fully saturated rings. The molecule has 1 saturated heterocycles. The van der Waals surface area contributed by atoms with Crippen molar-refractivity contribution >= 4 is 21.5 Å². The van der Waals surface area contributed by atoms with E-state index in [4.69, 9.17) is 0 Å². The van der Waals surface area contributed by atoms with Crippen LogP contribution in [0.2, 0.25) is 0 Å². The number of aryl methyl sites for hydroxylation is 2. The average Bonchev–Trinajstić information content (AvgIpc) is 2.64. The number of anilines is 1. The van der Waals surface area contributed by atoms with Gasteiger partial charge in [-0.15, -0.1) is 0 Å². The maximum Gasteiger partial charge on any atom is 0.243 e. The molecule has 0 unspecified atom stereocenters. The number of rotatable bonds is 4. The fourth-order valence-corrected chi connectivity index (χ4v) is 4.66. The van der Waals surface area contributed by atoms with Crippen molar-refractivity contribution in [3.63, 3.8) is 0 Å². The van der Waals surface area contributed by atoms with E-state index in [-0.39, 0.29) is 10.7 Å². The molecule has 0 bridgehead atoms. The zero-order valence-corrected chi connectivity index (χ0v) is 16.2. The summed E-state index contributed by atoms with van der Waals surface area (Å²) in [7, 11) is -3.53. The van der Waals surface area contributed by atoms with Crippen molar-refractivity contribution in [2.24, 2.45) is 0 Å². The molecule has 3 rings (SSSR count). The Morgan fingerprint density at radius 2 is 1.54 bits per heavy atom. The molecule has 0 aliphatic carbocycles. The second-order valence-electron chi connectivity index (χ2n) is 6.76. The normalized spacial score (nSPS) is 15.9. The lowest BCUT2D eigenvalue weighted by Gasteiger charge is -2.36. The lowest BCUT2D eigenvalue weighted by atomic mass is 10.1. The minimum absolute atomic E-state index is 0.0731. The summed E-state index contributed by atoms with van der Waals surface area (Å²) in [6, 6.07) is 12.5. The van der Waals surface area contributed by atoms with E-state index >= 15 is 0 Å². The van der Waals surface area contributed by atoms with Gasteiger partial charge in [-0.3, -0.25) is 4.79 Å². The fourth-order valence-electron chi connectivity index (χ4n) is 3.24. The quantitative estimate of drug-likeness (QED) is 0.774. The largest absolute Gasteiger partial charge is 0.369 e. The van der Waals surface area contributed by atoms with Crippen LogP contribution in [0.15, 0.2) is 47.4 Å². The summed E-state index contributed by atoms with van der Waals surface area (Å²) in [5, 5.41) is 0. The highest BCUT2D eigenvalue weighted by Crippen LogP contribution is 2.25. The molecule has 0 saturated carbocycles. The van der Waals surface area contributed by atoms with Crippen LogP contribution in [0.4, 0.5) is 5.69 Å². The van der Waals surface area contributed by atoms with Crippen LogP contribution in [-0.2, 0) is 10.0 Å². The molecule has 5 nitrogen and oxygen atoms in total. The van der Waals surface area contributed by atoms with Crippen molar-refractivity contribution in [3.05, 3.63) is 59.2 Å². The van der Waals surface area contributed by atoms with E-state index < -0.39 is 10.0 Å². The molecule has 2 aromatic carbocycles. The van der Waals surface area contributed by atoms with Gasteiger partial charge in [0.2, 0.25) is 10.0 Å². The first kappa shape index (κ1) is 18.6. The summed E-state index contributed by atoms with van der Waals surface area (Å²) in [5.74, 6) is -0.0731. The molecule has 0 amide bonds. The van der Waals surface area contributed by atoms with Crippen molar-refractivity contribution in [2.75, 3.05) is 31.1 Å². The van der Waals surface area contributed by atoms with Gasteiger partial charge in [0.25, 0.3) is 0 Å². The van der Waals surface area contributed by atoms with Crippen molar-refractivity contribution in [1.82, 2.24) is 4.31 Å². The van der Waals surface area contributed by atoms with E-state index in [2.05, 4.69) is 36.9 Å². The second-order valence-corrected chi connectivity index (χ2v) is 8.70. The Morgan fingerprint density at radius 3 is 2.12 bits per heavy atom. The first-order valence-electron chi connectivity index (χ1n) is 8.72. The highest BCUT2D eigenvalue weighted by Gasteiger charge is 2.29. The molecular formula is C20H24N2O3S. The van der Waals surface area contributed by atoms with Crippen LogP contribution in [0.25, 0.3) is 0 Å². The SMILES string of the molecule is CC(=O)c1ccc(S(=O)(=O)N2CCN(c3cc(C)ccc3C)CC2)cc1. The number of benzene rings is 2. The van der Waals surface area contributed by atoms with Gasteiger partial charge in [0.05, 0.1) is 4.90 Å². The standard InChI is InChI=1S/C20H24N2O3S/c1-15-4-5-16(2)20(14-15)21-10-12-22(13-11-21)26(24,25)19-8-6-18(7-9-19)17(3)23/h4-9,14H,10-13H2,1-3H3. The van der Waals surface area contributed by atoms with Gasteiger partial charge in [0.1, 0.15) is 0 Å². The number of hydrogen-bond donors (Lipinski definition) is 0. The summed E-state index contributed by atoms with van der Waals surface area (Å²) >= 11 is 0. The maximum atomic E-state index is 12.9. The number of sulfonamides is 1. The lowest BCUT2D eigenvalue weighted by molar-refractivity contribution is 0.101. The summed E-state index contributed by atoms with van der Waals surface area (Å²) in [6.45, 7) is 7.83. The van der Waals surface area contributed by atoms with Crippen LogP contribution >= 0.6 is 0 Å². The molecule has 0 atom stereocenters. The molecule has 1 heterocycles. The number of carbonyl (C=O) groups excluding carboxylic acids is 1. The summed E-state index contributed by atoms with van der Waals surface area (Å²) < 4.78 is 27.2. The Labute approximate surface area is 155 Å². The summed E-state index contributed by atoms with van der Waals surface area (Å²) in [4.78, 5) is 13.8. The Balaban J connectivity index is 1.74. The van der Waals surface area contributed by atoms with Gasteiger partial charge in [0.15, 0.2) is 5.78 Å². The third-order valence-electron chi connectivity index (χ3n) is 4.84. The van der Waals surface area contributed by atoms with Crippen LogP contribution in [0.1, 0.15) is 28.4 Å². The highest BCUT2D eigenvalue weighted by molar-refractivity contribution is 7.89. The van der Waals surface area contributed by atoms with Crippen molar-refractivity contribution in [2.45, 2.75) is 25.7 Å². The second kappa shape index (κ2) is 7.21. The van der Waals surface area contributed by atoms with E-state index in [1.54, 1.807) is 12.1 Å². The molecule has 0 aromatic heterocycles. The molecule has 6 heteroatoms. The average molecular weight is 372 g/mol. The molecule has 0 radical (unpaired) electrons. The van der Waals surface area contributed by atoms with E-state index in [0.717, 1.165) is 0 Å². The predicted molar refractivity (Wildman–Crippen MR) is 103 cm³/mol. The van der Waals surface area contributed by atoms with Crippen LogP contribution in [-0.4, -0.2) is 44.7 Å². The summed E-state index contributed by atoms with van der Waals surface area (Å²) in [5.41, 5.74) is 4.09. The Morgan fingerprint density at radius 1 is 0.923 bits per heavy atom. The highest BCUT2D eigenvalue weighted by atomic mass is 32.2. The zero-order chi connectivity index (χ0) is 18.9. The Kier molecular flexibility index (Phi) is 5.16. The molecular weight excluding hydrogens is 348 g/mol. The van der Waals surface area contributed by atoms with E-state index in [0.29, 0.717) is 31.7 Å². The topological polar surface area (TPSA) is 57.7 Å². The van der Waals surface area contributed by atoms with E-state index in [1.165, 1.54) is 40.2 Å². The van der Waals surface area contributed by atoms with Crippen LogP contribution in [0, 0.1) is 13.8 Å². The van der Waals surface area contributed by atoms with E-state index in [1.807, 2.05) is 0 Å². The van der Waals surface area contributed by atoms with Crippen molar-refractivity contribution < 1.29 is 13.2 Å². The number of Topliss-reactive ketones (excluding diaryl/α,β-unsaturated/α-hetero) is 1. The monoisotopic (exact) mass is 372 g/mol. The number of carbonyl (C=O) groups is 1.